The summed E-state index contributed by atoms with van der Waals surface area (Å²) >= 11 is 0. The first-order valence-corrected chi connectivity index (χ1v) is 9.30. The van der Waals surface area contributed by atoms with Crippen LogP contribution in [0.1, 0.15) is 36.9 Å². The molecule has 2 aromatic carbocycles. The minimum absolute atomic E-state index is 0.137. The van der Waals surface area contributed by atoms with E-state index < -0.39 is 11.1 Å². The molecule has 0 aliphatic rings. The van der Waals surface area contributed by atoms with Gasteiger partial charge in [-0.25, -0.2) is 0 Å². The van der Waals surface area contributed by atoms with Gasteiger partial charge in [0.05, 0.1) is 11.0 Å². The van der Waals surface area contributed by atoms with Crippen molar-refractivity contribution in [3.05, 3.63) is 80.2 Å². The summed E-state index contributed by atoms with van der Waals surface area (Å²) in [5.74, 6) is 0.778. The molecule has 7 nitrogen and oxygen atoms in total. The number of hydrogen-bond acceptors (Lipinski definition) is 5. The van der Waals surface area contributed by atoms with Gasteiger partial charge in [-0.2, -0.15) is 4.98 Å². The predicted molar refractivity (Wildman–Crippen MR) is 113 cm³/mol. The van der Waals surface area contributed by atoms with Crippen molar-refractivity contribution in [3.63, 3.8) is 0 Å². The summed E-state index contributed by atoms with van der Waals surface area (Å²) < 4.78 is 6.78. The molecule has 0 unspecified atom stereocenters. The molecule has 2 heterocycles. The van der Waals surface area contributed by atoms with E-state index in [-0.39, 0.29) is 6.04 Å². The van der Waals surface area contributed by atoms with Crippen LogP contribution in [0.25, 0.3) is 34.6 Å². The minimum atomic E-state index is -0.654. The molecular weight excluding hydrogens is 368 g/mol. The number of H-pyrrole nitrogens is 1. The van der Waals surface area contributed by atoms with E-state index >= 15 is 0 Å². The number of benzene rings is 2. The van der Waals surface area contributed by atoms with E-state index in [2.05, 4.69) is 15.1 Å². The first-order chi connectivity index (χ1) is 13.9. The third-order valence-corrected chi connectivity index (χ3v) is 4.63. The molecule has 0 bridgehead atoms. The van der Waals surface area contributed by atoms with Crippen LogP contribution in [0.5, 0.6) is 0 Å². The molecule has 0 fully saturated rings. The van der Waals surface area contributed by atoms with Gasteiger partial charge in [0.2, 0.25) is 5.82 Å². The topological polar surface area (TPSA) is 93.8 Å². The third kappa shape index (κ3) is 3.67. The zero-order valence-corrected chi connectivity index (χ0v) is 16.3. The van der Waals surface area contributed by atoms with E-state index in [0.717, 1.165) is 5.56 Å². The highest BCUT2D eigenvalue weighted by molar-refractivity contribution is 5.80. The molecular formula is C22H20N4O3. The van der Waals surface area contributed by atoms with Crippen LogP contribution in [0.2, 0.25) is 0 Å². The lowest BCUT2D eigenvalue weighted by Gasteiger charge is -2.13. The van der Waals surface area contributed by atoms with Gasteiger partial charge in [0.1, 0.15) is 0 Å². The molecule has 29 heavy (non-hydrogen) atoms. The number of rotatable bonds is 4. The van der Waals surface area contributed by atoms with E-state index in [4.69, 9.17) is 4.52 Å². The molecule has 0 saturated carbocycles. The molecule has 4 aromatic rings. The molecule has 0 radical (unpaired) electrons. The average molecular weight is 388 g/mol. The quantitative estimate of drug-likeness (QED) is 0.537. The number of aryl methyl sites for hydroxylation is 1. The number of nitrogens with zero attached hydrogens (tertiary/aromatic N) is 3. The lowest BCUT2D eigenvalue weighted by Crippen LogP contribution is -2.37. The SMILES string of the molecule is Cc1ccc(C=Cc2nc(-c3ccc4c(c3)[nH]c(=O)c(=O)n4C(C)C)no2)cc1. The van der Waals surface area contributed by atoms with Crippen molar-refractivity contribution in [1.29, 1.82) is 0 Å². The first-order valence-electron chi connectivity index (χ1n) is 9.30. The Balaban J connectivity index is 1.69. The summed E-state index contributed by atoms with van der Waals surface area (Å²) in [6.45, 7) is 5.76. The fourth-order valence-corrected chi connectivity index (χ4v) is 3.16. The second-order valence-corrected chi connectivity index (χ2v) is 7.16. The zero-order chi connectivity index (χ0) is 20.5. The number of aromatic amines is 1. The van der Waals surface area contributed by atoms with Crippen LogP contribution in [0.3, 0.4) is 0 Å². The highest BCUT2D eigenvalue weighted by Crippen LogP contribution is 2.22. The van der Waals surface area contributed by atoms with Gasteiger partial charge in [-0.05, 0) is 50.6 Å². The van der Waals surface area contributed by atoms with E-state index in [1.54, 1.807) is 24.3 Å². The Labute approximate surface area is 166 Å². The molecule has 146 valence electrons. The van der Waals surface area contributed by atoms with Gasteiger partial charge in [-0.15, -0.1) is 0 Å². The van der Waals surface area contributed by atoms with E-state index in [1.807, 2.05) is 51.1 Å². The van der Waals surface area contributed by atoms with E-state index in [1.165, 1.54) is 10.1 Å². The van der Waals surface area contributed by atoms with Crippen molar-refractivity contribution >= 4 is 23.2 Å². The lowest BCUT2D eigenvalue weighted by molar-refractivity contribution is 0.411. The Bertz CT molecular complexity index is 1320. The van der Waals surface area contributed by atoms with Crippen molar-refractivity contribution in [2.24, 2.45) is 0 Å². The second kappa shape index (κ2) is 7.35. The molecule has 0 amide bonds. The monoisotopic (exact) mass is 388 g/mol. The Morgan fingerprint density at radius 3 is 2.55 bits per heavy atom. The minimum Gasteiger partial charge on any atom is -0.334 e. The first kappa shape index (κ1) is 18.6. The number of nitrogens with one attached hydrogen (secondary N) is 1. The molecule has 7 heteroatoms. The summed E-state index contributed by atoms with van der Waals surface area (Å²) in [4.78, 5) is 31.2. The predicted octanol–water partition coefficient (Wildman–Crippen LogP) is 3.80. The highest BCUT2D eigenvalue weighted by Gasteiger charge is 2.13. The largest absolute Gasteiger partial charge is 0.334 e. The molecule has 1 N–H and O–H groups in total. The Morgan fingerprint density at radius 1 is 1.07 bits per heavy atom. The van der Waals surface area contributed by atoms with Crippen molar-refractivity contribution in [1.82, 2.24) is 19.7 Å². The van der Waals surface area contributed by atoms with E-state index in [0.29, 0.717) is 28.3 Å². The van der Waals surface area contributed by atoms with Gasteiger partial charge >= 0.3 is 11.1 Å². The standard InChI is InChI=1S/C22H20N4O3/c1-13(2)26-18-10-9-16(12-17(18)23-21(27)22(26)28)20-24-19(29-25-20)11-8-15-6-4-14(3)5-7-15/h4-13H,1-3H3,(H,23,27). The van der Waals surface area contributed by atoms with Crippen molar-refractivity contribution < 1.29 is 4.52 Å². The van der Waals surface area contributed by atoms with Gasteiger partial charge in [0, 0.05) is 17.7 Å². The molecule has 2 aromatic heterocycles. The molecule has 0 spiro atoms. The zero-order valence-electron chi connectivity index (χ0n) is 16.3. The molecule has 0 saturated heterocycles. The maximum Gasteiger partial charge on any atom is 0.316 e. The molecule has 4 rings (SSSR count). The number of aromatic nitrogens is 4. The summed E-state index contributed by atoms with van der Waals surface area (Å²) in [7, 11) is 0. The van der Waals surface area contributed by atoms with Gasteiger partial charge in [-0.1, -0.05) is 35.0 Å². The second-order valence-electron chi connectivity index (χ2n) is 7.16. The summed E-state index contributed by atoms with van der Waals surface area (Å²) in [6, 6.07) is 13.3. The molecule has 0 atom stereocenters. The van der Waals surface area contributed by atoms with Crippen LogP contribution in [-0.2, 0) is 0 Å². The van der Waals surface area contributed by atoms with Gasteiger partial charge in [0.25, 0.3) is 5.89 Å². The lowest BCUT2D eigenvalue weighted by atomic mass is 10.1. The average Bonchev–Trinajstić information content (AvgIpc) is 3.17. The van der Waals surface area contributed by atoms with Gasteiger partial charge in [-0.3, -0.25) is 14.2 Å². The van der Waals surface area contributed by atoms with Crippen molar-refractivity contribution in [2.45, 2.75) is 26.8 Å². The van der Waals surface area contributed by atoms with E-state index in [9.17, 15) is 9.59 Å². The van der Waals surface area contributed by atoms with Crippen LogP contribution in [0.15, 0.2) is 56.6 Å². The smallest absolute Gasteiger partial charge is 0.316 e. The maximum atomic E-state index is 12.2. The van der Waals surface area contributed by atoms with Crippen LogP contribution < -0.4 is 11.1 Å². The van der Waals surface area contributed by atoms with Crippen LogP contribution in [0, 0.1) is 6.92 Å². The third-order valence-electron chi connectivity index (χ3n) is 4.63. The Morgan fingerprint density at radius 2 is 1.83 bits per heavy atom. The highest BCUT2D eigenvalue weighted by atomic mass is 16.5. The summed E-state index contributed by atoms with van der Waals surface area (Å²) in [5, 5.41) is 4.02. The van der Waals surface area contributed by atoms with Gasteiger partial charge in [0.15, 0.2) is 0 Å². The molecule has 0 aliphatic carbocycles. The summed E-state index contributed by atoms with van der Waals surface area (Å²) in [5.41, 5.74) is 2.88. The normalized spacial score (nSPS) is 11.7. The Kier molecular flexibility index (Phi) is 4.72. The van der Waals surface area contributed by atoms with Crippen molar-refractivity contribution in [2.75, 3.05) is 0 Å². The van der Waals surface area contributed by atoms with Crippen molar-refractivity contribution in [3.8, 4) is 11.4 Å². The number of hydrogen-bond donors (Lipinski definition) is 1. The van der Waals surface area contributed by atoms with Crippen LogP contribution in [0.4, 0.5) is 0 Å². The van der Waals surface area contributed by atoms with Crippen LogP contribution >= 0.6 is 0 Å². The Hall–Kier alpha value is -3.74. The van der Waals surface area contributed by atoms with Gasteiger partial charge < -0.3 is 9.51 Å². The number of fused-ring (bicyclic) bond motifs is 1. The fourth-order valence-electron chi connectivity index (χ4n) is 3.16. The molecule has 0 aliphatic heterocycles. The maximum absolute atomic E-state index is 12.2. The fraction of sp³-hybridized carbons (Fsp3) is 0.182. The van der Waals surface area contributed by atoms with Crippen LogP contribution in [-0.4, -0.2) is 19.7 Å². The summed E-state index contributed by atoms with van der Waals surface area (Å²) in [6.07, 6.45) is 3.65.